The molecule has 3 aliphatic rings. The van der Waals surface area contributed by atoms with Gasteiger partial charge in [-0.25, -0.2) is 4.98 Å². The maximum absolute atomic E-state index is 9.36. The largest absolute Gasteiger partial charge is 0.493 e. The van der Waals surface area contributed by atoms with Crippen LogP contribution in [0.3, 0.4) is 0 Å². The van der Waals surface area contributed by atoms with Gasteiger partial charge in [0.15, 0.2) is 0 Å². The highest BCUT2D eigenvalue weighted by Gasteiger charge is 2.35. The Morgan fingerprint density at radius 3 is 2.51 bits per heavy atom. The van der Waals surface area contributed by atoms with Gasteiger partial charge in [0, 0.05) is 49.6 Å². The molecule has 3 aliphatic heterocycles. The van der Waals surface area contributed by atoms with Crippen molar-refractivity contribution < 1.29 is 9.84 Å². The Labute approximate surface area is 249 Å². The molecule has 220 valence electrons. The van der Waals surface area contributed by atoms with Crippen molar-refractivity contribution in [2.24, 2.45) is 5.41 Å². The second-order valence-corrected chi connectivity index (χ2v) is 13.5. The molecular weight excluding hydrogens is 528 g/mol. The molecule has 4 heterocycles. The van der Waals surface area contributed by atoms with E-state index in [2.05, 4.69) is 65.4 Å². The Kier molecular flexibility index (Phi) is 9.08. The highest BCUT2D eigenvalue weighted by Crippen LogP contribution is 2.39. The summed E-state index contributed by atoms with van der Waals surface area (Å²) in [7, 11) is 0. The van der Waals surface area contributed by atoms with Crippen molar-refractivity contribution in [3.05, 3.63) is 58.1 Å². The highest BCUT2D eigenvalue weighted by atomic mass is 32.1. The Bertz CT molecular complexity index is 1320. The Morgan fingerprint density at radius 1 is 0.951 bits per heavy atom. The topological polar surface area (TPSA) is 60.9 Å². The number of hydrogen-bond donors (Lipinski definition) is 2. The number of nitrogens with one attached hydrogen (secondary N) is 1. The number of fused-ring (bicyclic) bond motifs is 1. The molecule has 0 amide bonds. The normalized spacial score (nSPS) is 19.4. The van der Waals surface area contributed by atoms with Crippen molar-refractivity contribution in [2.75, 3.05) is 59.0 Å². The maximum Gasteiger partial charge on any atom is 0.124 e. The number of piperidine rings is 2. The van der Waals surface area contributed by atoms with Gasteiger partial charge in [0.25, 0.3) is 0 Å². The SMILES string of the molecule is Cc1c(OCCCN2CCC3(CCCNC3)CC2)cccc1-c1cccc(-c2nc3c(s2)CN(CCO)CC3)c1C. The van der Waals surface area contributed by atoms with Crippen LogP contribution in [0.15, 0.2) is 36.4 Å². The van der Waals surface area contributed by atoms with Crippen molar-refractivity contribution in [1.29, 1.82) is 0 Å². The van der Waals surface area contributed by atoms with E-state index in [4.69, 9.17) is 9.72 Å². The summed E-state index contributed by atoms with van der Waals surface area (Å²) >= 11 is 1.81. The van der Waals surface area contributed by atoms with E-state index in [0.29, 0.717) is 5.41 Å². The Hall–Kier alpha value is -2.29. The molecule has 0 radical (unpaired) electrons. The molecule has 2 aromatic carbocycles. The molecule has 41 heavy (non-hydrogen) atoms. The Balaban J connectivity index is 1.09. The van der Waals surface area contributed by atoms with Crippen LogP contribution in [0.1, 0.15) is 53.8 Å². The molecule has 0 aliphatic carbocycles. The maximum atomic E-state index is 9.36. The van der Waals surface area contributed by atoms with Gasteiger partial charge in [-0.05, 0) is 99.3 Å². The van der Waals surface area contributed by atoms with Crippen LogP contribution in [0.25, 0.3) is 21.7 Å². The summed E-state index contributed by atoms with van der Waals surface area (Å²) in [6, 6.07) is 13.1. The van der Waals surface area contributed by atoms with Crippen molar-refractivity contribution >= 4 is 11.3 Å². The van der Waals surface area contributed by atoms with E-state index in [0.717, 1.165) is 56.4 Å². The number of benzene rings is 2. The fraction of sp³-hybridized carbons (Fsp3) is 0.559. The number of ether oxygens (including phenoxy) is 1. The summed E-state index contributed by atoms with van der Waals surface area (Å²) in [6.07, 6.45) is 7.45. The average Bonchev–Trinajstić information content (AvgIpc) is 3.41. The smallest absolute Gasteiger partial charge is 0.124 e. The molecule has 0 bridgehead atoms. The van der Waals surface area contributed by atoms with Crippen LogP contribution in [0.5, 0.6) is 5.75 Å². The number of β-amino-alcohol motifs (C(OH)–C–C–N with tert-alkyl or cyclic N) is 1. The number of aromatic nitrogens is 1. The van der Waals surface area contributed by atoms with Gasteiger partial charge in [0.1, 0.15) is 10.8 Å². The summed E-state index contributed by atoms with van der Waals surface area (Å²) in [5.74, 6) is 0.992. The number of aliphatic hydroxyl groups is 1. The van der Waals surface area contributed by atoms with Crippen LogP contribution in [0.4, 0.5) is 0 Å². The molecule has 3 aromatic rings. The second-order valence-electron chi connectivity index (χ2n) is 12.4. The van der Waals surface area contributed by atoms with Gasteiger partial charge in [-0.3, -0.25) is 4.90 Å². The number of thiazole rings is 1. The molecule has 1 spiro atoms. The van der Waals surface area contributed by atoms with Gasteiger partial charge in [-0.1, -0.05) is 30.3 Å². The molecule has 6 nitrogen and oxygen atoms in total. The molecule has 2 saturated heterocycles. The third-order valence-corrected chi connectivity index (χ3v) is 10.8. The molecule has 7 heteroatoms. The van der Waals surface area contributed by atoms with Crippen LogP contribution in [0.2, 0.25) is 0 Å². The van der Waals surface area contributed by atoms with Crippen LogP contribution < -0.4 is 10.1 Å². The summed E-state index contributed by atoms with van der Waals surface area (Å²) in [5, 5.41) is 14.1. The van der Waals surface area contributed by atoms with Crippen molar-refractivity contribution in [3.8, 4) is 27.4 Å². The molecule has 6 rings (SSSR count). The summed E-state index contributed by atoms with van der Waals surface area (Å²) in [4.78, 5) is 11.4. The van der Waals surface area contributed by atoms with E-state index in [1.54, 1.807) is 0 Å². The first-order valence-corrected chi connectivity index (χ1v) is 16.4. The van der Waals surface area contributed by atoms with E-state index in [9.17, 15) is 5.11 Å². The lowest BCUT2D eigenvalue weighted by molar-refractivity contribution is 0.0759. The van der Waals surface area contributed by atoms with Crippen molar-refractivity contribution in [3.63, 3.8) is 0 Å². The number of hydrogen-bond acceptors (Lipinski definition) is 7. The fourth-order valence-corrected chi connectivity index (χ4v) is 8.33. The zero-order valence-electron chi connectivity index (χ0n) is 24.9. The van der Waals surface area contributed by atoms with E-state index in [1.807, 2.05) is 11.3 Å². The van der Waals surface area contributed by atoms with Crippen molar-refractivity contribution in [2.45, 2.75) is 58.9 Å². The molecule has 0 atom stereocenters. The highest BCUT2D eigenvalue weighted by molar-refractivity contribution is 7.15. The molecule has 2 N–H and O–H groups in total. The minimum absolute atomic E-state index is 0.210. The Morgan fingerprint density at radius 2 is 1.73 bits per heavy atom. The van der Waals surface area contributed by atoms with Crippen LogP contribution >= 0.6 is 11.3 Å². The fourth-order valence-electron chi connectivity index (χ4n) is 7.10. The van der Waals surface area contributed by atoms with Gasteiger partial charge in [-0.15, -0.1) is 11.3 Å². The van der Waals surface area contributed by atoms with E-state index in [-0.39, 0.29) is 6.61 Å². The van der Waals surface area contributed by atoms with Gasteiger partial charge >= 0.3 is 0 Å². The van der Waals surface area contributed by atoms with Crippen LogP contribution in [-0.4, -0.2) is 78.9 Å². The second kappa shape index (κ2) is 12.9. The number of aliphatic hydroxyl groups excluding tert-OH is 1. The number of rotatable bonds is 9. The van der Waals surface area contributed by atoms with Crippen LogP contribution in [0, 0.1) is 19.3 Å². The van der Waals surface area contributed by atoms with Crippen molar-refractivity contribution in [1.82, 2.24) is 20.1 Å². The van der Waals surface area contributed by atoms with E-state index < -0.39 is 0 Å². The third-order valence-electron chi connectivity index (χ3n) is 9.72. The standard InChI is InChI=1S/C34H46N4O2S/c1-25-27(7-3-9-29(25)33-36-30-11-17-38(20-21-39)23-32(30)41-33)28-8-4-10-31(26(28)2)40-22-6-16-37-18-13-34(14-19-37)12-5-15-35-24-34/h3-4,7-10,35,39H,5-6,11-24H2,1-2H3. The van der Waals surface area contributed by atoms with Gasteiger partial charge < -0.3 is 20.1 Å². The minimum atomic E-state index is 0.210. The lowest BCUT2D eigenvalue weighted by Gasteiger charge is -2.44. The van der Waals surface area contributed by atoms with Crippen LogP contribution in [-0.2, 0) is 13.0 Å². The molecular formula is C34H46N4O2S. The first kappa shape index (κ1) is 28.8. The third kappa shape index (κ3) is 6.40. The molecule has 0 unspecified atom stereocenters. The first-order chi connectivity index (χ1) is 20.0. The number of nitrogens with zero attached hydrogens (tertiary/aromatic N) is 3. The van der Waals surface area contributed by atoms with Gasteiger partial charge in [-0.2, -0.15) is 0 Å². The van der Waals surface area contributed by atoms with Gasteiger partial charge in [0.2, 0.25) is 0 Å². The van der Waals surface area contributed by atoms with Gasteiger partial charge in [0.05, 0.1) is 18.9 Å². The monoisotopic (exact) mass is 574 g/mol. The molecule has 1 aromatic heterocycles. The van der Waals surface area contributed by atoms with E-state index in [1.165, 1.54) is 90.3 Å². The van der Waals surface area contributed by atoms with E-state index >= 15 is 0 Å². The molecule has 2 fully saturated rings. The first-order valence-electron chi connectivity index (χ1n) is 15.6. The summed E-state index contributed by atoms with van der Waals surface area (Å²) < 4.78 is 6.37. The molecule has 0 saturated carbocycles. The quantitative estimate of drug-likeness (QED) is 0.321. The zero-order valence-corrected chi connectivity index (χ0v) is 25.7. The lowest BCUT2D eigenvalue weighted by atomic mass is 9.73. The average molecular weight is 575 g/mol. The lowest BCUT2D eigenvalue weighted by Crippen LogP contribution is -2.48. The predicted octanol–water partition coefficient (Wildman–Crippen LogP) is 5.68. The summed E-state index contributed by atoms with van der Waals surface area (Å²) in [5.41, 5.74) is 7.97. The predicted molar refractivity (Wildman–Crippen MR) is 169 cm³/mol. The summed E-state index contributed by atoms with van der Waals surface area (Å²) in [6.45, 7) is 14.0. The minimum Gasteiger partial charge on any atom is -0.493 e. The zero-order chi connectivity index (χ0) is 28.2. The number of likely N-dealkylation sites (tertiary alicyclic amines) is 1.